The Hall–Kier alpha value is -0.0700. The first-order valence-electron chi connectivity index (χ1n) is 4.25. The maximum atomic E-state index is 12.9. The highest BCUT2D eigenvalue weighted by atomic mass is 19.1. The van der Waals surface area contributed by atoms with Crippen molar-refractivity contribution in [2.45, 2.75) is 39.8 Å². The van der Waals surface area contributed by atoms with Gasteiger partial charge in [0.2, 0.25) is 0 Å². The van der Waals surface area contributed by atoms with Crippen molar-refractivity contribution in [2.75, 3.05) is 0 Å². The molecule has 1 rings (SSSR count). The molecular formula is C9H17F. The van der Waals surface area contributed by atoms with Crippen molar-refractivity contribution in [1.29, 1.82) is 0 Å². The van der Waals surface area contributed by atoms with Gasteiger partial charge in [0.25, 0.3) is 0 Å². The van der Waals surface area contributed by atoms with Gasteiger partial charge < -0.3 is 0 Å². The quantitative estimate of drug-likeness (QED) is 0.530. The van der Waals surface area contributed by atoms with Gasteiger partial charge in [0, 0.05) is 0 Å². The maximum absolute atomic E-state index is 12.9. The van der Waals surface area contributed by atoms with Crippen LogP contribution in [0.3, 0.4) is 0 Å². The molecule has 1 saturated carbocycles. The van der Waals surface area contributed by atoms with Crippen molar-refractivity contribution in [1.82, 2.24) is 0 Å². The number of alkyl halides is 1. The molecule has 0 heterocycles. The van der Waals surface area contributed by atoms with Crippen LogP contribution in [0.1, 0.15) is 33.6 Å². The van der Waals surface area contributed by atoms with Gasteiger partial charge in [0.15, 0.2) is 0 Å². The van der Waals surface area contributed by atoms with Gasteiger partial charge in [-0.1, -0.05) is 20.8 Å². The van der Waals surface area contributed by atoms with Gasteiger partial charge in [-0.3, -0.25) is 0 Å². The van der Waals surface area contributed by atoms with Gasteiger partial charge in [0.05, 0.1) is 0 Å². The zero-order valence-electron chi connectivity index (χ0n) is 7.10. The van der Waals surface area contributed by atoms with Crippen molar-refractivity contribution in [3.63, 3.8) is 0 Å². The van der Waals surface area contributed by atoms with Crippen LogP contribution < -0.4 is 0 Å². The predicted octanol–water partition coefficient (Wildman–Crippen LogP) is 3.03. The van der Waals surface area contributed by atoms with E-state index in [1.807, 2.05) is 6.92 Å². The Kier molecular flexibility index (Phi) is 2.32. The zero-order valence-corrected chi connectivity index (χ0v) is 7.10. The number of hydrogen-bond donors (Lipinski definition) is 0. The first kappa shape index (κ1) is 8.03. The van der Waals surface area contributed by atoms with E-state index in [-0.39, 0.29) is 0 Å². The lowest BCUT2D eigenvalue weighted by Gasteiger charge is -2.12. The Morgan fingerprint density at radius 1 is 1.30 bits per heavy atom. The van der Waals surface area contributed by atoms with Crippen molar-refractivity contribution < 1.29 is 4.39 Å². The fraction of sp³-hybridized carbons (Fsp3) is 1.00. The van der Waals surface area contributed by atoms with Gasteiger partial charge in [-0.25, -0.2) is 4.39 Å². The van der Waals surface area contributed by atoms with Crippen LogP contribution in [0.25, 0.3) is 0 Å². The van der Waals surface area contributed by atoms with Crippen molar-refractivity contribution in [2.24, 2.45) is 17.8 Å². The minimum Gasteiger partial charge on any atom is -0.247 e. The van der Waals surface area contributed by atoms with E-state index >= 15 is 0 Å². The molecule has 1 aliphatic rings. The van der Waals surface area contributed by atoms with Crippen LogP contribution >= 0.6 is 0 Å². The van der Waals surface area contributed by atoms with Crippen LogP contribution in [0.2, 0.25) is 0 Å². The summed E-state index contributed by atoms with van der Waals surface area (Å²) in [5.74, 6) is 1.63. The van der Waals surface area contributed by atoms with Crippen molar-refractivity contribution in [3.8, 4) is 0 Å². The third-order valence-electron chi connectivity index (χ3n) is 2.76. The van der Waals surface area contributed by atoms with E-state index in [9.17, 15) is 4.39 Å². The Labute approximate surface area is 62.8 Å². The van der Waals surface area contributed by atoms with E-state index in [1.54, 1.807) is 0 Å². The van der Waals surface area contributed by atoms with E-state index in [2.05, 4.69) is 13.8 Å². The highest BCUT2D eigenvalue weighted by Gasteiger charge is 2.32. The van der Waals surface area contributed by atoms with Crippen LogP contribution in [0.4, 0.5) is 4.39 Å². The molecule has 0 saturated heterocycles. The minimum atomic E-state index is -0.521. The summed E-state index contributed by atoms with van der Waals surface area (Å²) in [6.07, 6.45) is 1.38. The second kappa shape index (κ2) is 2.89. The van der Waals surface area contributed by atoms with E-state index < -0.39 is 6.17 Å². The highest BCUT2D eigenvalue weighted by Crippen LogP contribution is 2.37. The first-order valence-corrected chi connectivity index (χ1v) is 4.25. The molecular weight excluding hydrogens is 127 g/mol. The molecule has 0 spiro atoms. The summed E-state index contributed by atoms with van der Waals surface area (Å²) in [6, 6.07) is 0. The van der Waals surface area contributed by atoms with E-state index in [1.165, 1.54) is 0 Å². The topological polar surface area (TPSA) is 0 Å². The lowest BCUT2D eigenvalue weighted by molar-refractivity contribution is 0.272. The van der Waals surface area contributed by atoms with Crippen LogP contribution in [-0.2, 0) is 0 Å². The van der Waals surface area contributed by atoms with Crippen LogP contribution in [0.5, 0.6) is 0 Å². The normalized spacial score (nSPS) is 41.1. The molecule has 1 heteroatoms. The first-order chi connectivity index (χ1) is 4.61. The smallest absolute Gasteiger partial charge is 0.103 e. The minimum absolute atomic E-state index is 0.312. The summed E-state index contributed by atoms with van der Waals surface area (Å²) in [5, 5.41) is 0. The molecule has 3 atom stereocenters. The highest BCUT2D eigenvalue weighted by molar-refractivity contribution is 4.82. The van der Waals surface area contributed by atoms with Gasteiger partial charge in [-0.05, 0) is 30.6 Å². The monoisotopic (exact) mass is 144 g/mol. The lowest BCUT2D eigenvalue weighted by atomic mass is 9.94. The fourth-order valence-corrected chi connectivity index (χ4v) is 1.79. The van der Waals surface area contributed by atoms with E-state index in [0.717, 1.165) is 12.8 Å². The van der Waals surface area contributed by atoms with Gasteiger partial charge in [-0.15, -0.1) is 0 Å². The van der Waals surface area contributed by atoms with Crippen molar-refractivity contribution in [3.05, 3.63) is 0 Å². The molecule has 3 unspecified atom stereocenters. The molecule has 0 N–H and O–H groups in total. The molecule has 0 bridgehead atoms. The summed E-state index contributed by atoms with van der Waals surface area (Å²) in [4.78, 5) is 0. The second-order valence-electron chi connectivity index (χ2n) is 3.97. The molecule has 0 nitrogen and oxygen atoms in total. The largest absolute Gasteiger partial charge is 0.247 e. The lowest BCUT2D eigenvalue weighted by Crippen LogP contribution is -2.03. The number of rotatable bonds is 1. The molecule has 0 radical (unpaired) electrons. The summed E-state index contributed by atoms with van der Waals surface area (Å²) in [7, 11) is 0. The standard InChI is InChI=1S/C9H17F/c1-6(2)8-4-7(3)9(10)5-8/h6-9H,4-5H2,1-3H3. The summed E-state index contributed by atoms with van der Waals surface area (Å²) >= 11 is 0. The van der Waals surface area contributed by atoms with E-state index in [4.69, 9.17) is 0 Å². The average Bonchev–Trinajstić information content (AvgIpc) is 2.13. The second-order valence-corrected chi connectivity index (χ2v) is 3.97. The van der Waals surface area contributed by atoms with Gasteiger partial charge in [-0.2, -0.15) is 0 Å². The van der Waals surface area contributed by atoms with Crippen LogP contribution in [0, 0.1) is 17.8 Å². The molecule has 1 fully saturated rings. The summed E-state index contributed by atoms with van der Waals surface area (Å²) in [6.45, 7) is 6.40. The molecule has 0 aliphatic heterocycles. The molecule has 1 aliphatic carbocycles. The molecule has 10 heavy (non-hydrogen) atoms. The van der Waals surface area contributed by atoms with Crippen LogP contribution in [0.15, 0.2) is 0 Å². The maximum Gasteiger partial charge on any atom is 0.103 e. The molecule has 0 aromatic heterocycles. The molecule has 0 amide bonds. The Balaban J connectivity index is 2.41. The number of hydrogen-bond acceptors (Lipinski definition) is 0. The van der Waals surface area contributed by atoms with E-state index in [0.29, 0.717) is 17.8 Å². The number of halogens is 1. The van der Waals surface area contributed by atoms with Gasteiger partial charge in [0.1, 0.15) is 6.17 Å². The zero-order chi connectivity index (χ0) is 7.72. The summed E-state index contributed by atoms with van der Waals surface area (Å²) in [5.41, 5.74) is 0. The third kappa shape index (κ3) is 1.50. The Morgan fingerprint density at radius 2 is 1.90 bits per heavy atom. The molecule has 0 aromatic carbocycles. The average molecular weight is 144 g/mol. The molecule has 0 aromatic rings. The third-order valence-corrected chi connectivity index (χ3v) is 2.76. The summed E-state index contributed by atoms with van der Waals surface area (Å²) < 4.78 is 12.9. The van der Waals surface area contributed by atoms with Crippen LogP contribution in [-0.4, -0.2) is 6.17 Å². The fourth-order valence-electron chi connectivity index (χ4n) is 1.79. The van der Waals surface area contributed by atoms with Crippen molar-refractivity contribution >= 4 is 0 Å². The predicted molar refractivity (Wildman–Crippen MR) is 41.6 cm³/mol. The SMILES string of the molecule is CC(C)C1CC(C)C(F)C1. The Morgan fingerprint density at radius 3 is 2.10 bits per heavy atom. The molecule has 60 valence electrons. The Bertz CT molecular complexity index is 99.3. The van der Waals surface area contributed by atoms with Gasteiger partial charge >= 0.3 is 0 Å².